The Balaban J connectivity index is 2.02. The lowest BCUT2D eigenvalue weighted by atomic mass is 9.86. The average Bonchev–Trinajstić information content (AvgIpc) is 2.50. The summed E-state index contributed by atoms with van der Waals surface area (Å²) in [4.78, 5) is 23.8. The molecule has 2 amide bonds. The van der Waals surface area contributed by atoms with Crippen LogP contribution in [-0.4, -0.2) is 17.9 Å². The average molecular weight is 363 g/mol. The lowest BCUT2D eigenvalue weighted by Crippen LogP contribution is -2.45. The number of halogens is 4. The van der Waals surface area contributed by atoms with Crippen molar-refractivity contribution in [2.45, 2.75) is 44.8 Å². The second kappa shape index (κ2) is 7.42. The van der Waals surface area contributed by atoms with Crippen LogP contribution in [0.15, 0.2) is 18.2 Å². The van der Waals surface area contributed by atoms with Crippen LogP contribution in [0.2, 0.25) is 5.02 Å². The molecule has 1 fully saturated rings. The number of benzene rings is 1. The Kier molecular flexibility index (Phi) is 5.74. The fraction of sp³-hybridized carbons (Fsp3) is 0.500. The maximum absolute atomic E-state index is 12.8. The van der Waals surface area contributed by atoms with Crippen molar-refractivity contribution < 1.29 is 22.8 Å². The highest BCUT2D eigenvalue weighted by molar-refractivity contribution is 6.39. The molecule has 2 N–H and O–H groups in total. The minimum absolute atomic E-state index is 0.0899. The smallest absolute Gasteiger partial charge is 0.345 e. The van der Waals surface area contributed by atoms with Gasteiger partial charge in [0.2, 0.25) is 0 Å². The zero-order chi connectivity index (χ0) is 17.9. The molecule has 0 aliphatic heterocycles. The Morgan fingerprint density at radius 1 is 1.17 bits per heavy atom. The van der Waals surface area contributed by atoms with Crippen LogP contribution in [0.1, 0.15) is 38.2 Å². The fourth-order valence-electron chi connectivity index (χ4n) is 2.77. The third-order valence-corrected chi connectivity index (χ3v) is 4.49. The fourth-order valence-corrected chi connectivity index (χ4v) is 3.00. The van der Waals surface area contributed by atoms with E-state index in [0.29, 0.717) is 6.07 Å². The Bertz CT molecular complexity index is 634. The van der Waals surface area contributed by atoms with Gasteiger partial charge in [0.05, 0.1) is 10.6 Å². The maximum Gasteiger partial charge on any atom is 0.417 e. The molecular weight excluding hydrogens is 345 g/mol. The van der Waals surface area contributed by atoms with Crippen LogP contribution in [0.5, 0.6) is 0 Å². The van der Waals surface area contributed by atoms with Crippen LogP contribution in [0.3, 0.4) is 0 Å². The number of nitrogens with one attached hydrogen (secondary N) is 2. The molecule has 24 heavy (non-hydrogen) atoms. The molecule has 132 valence electrons. The summed E-state index contributed by atoms with van der Waals surface area (Å²) in [6.07, 6.45) is -0.816. The zero-order valence-corrected chi connectivity index (χ0v) is 13.8. The van der Waals surface area contributed by atoms with Crippen molar-refractivity contribution in [2.75, 3.05) is 5.32 Å². The van der Waals surface area contributed by atoms with Crippen molar-refractivity contribution in [3.8, 4) is 0 Å². The van der Waals surface area contributed by atoms with Crippen molar-refractivity contribution in [3.05, 3.63) is 28.8 Å². The number of amides is 2. The Hall–Kier alpha value is -1.76. The van der Waals surface area contributed by atoms with E-state index in [9.17, 15) is 22.8 Å². The lowest BCUT2D eigenvalue weighted by molar-refractivity contribution is -0.137. The van der Waals surface area contributed by atoms with Gasteiger partial charge >= 0.3 is 18.0 Å². The first-order valence-electron chi connectivity index (χ1n) is 7.67. The zero-order valence-electron chi connectivity index (χ0n) is 13.0. The summed E-state index contributed by atoms with van der Waals surface area (Å²) in [5.41, 5.74) is -1.20. The summed E-state index contributed by atoms with van der Waals surface area (Å²) in [6, 6.07) is 2.86. The molecule has 1 aliphatic carbocycles. The van der Waals surface area contributed by atoms with E-state index in [0.717, 1.165) is 31.7 Å². The highest BCUT2D eigenvalue weighted by atomic mass is 35.5. The monoisotopic (exact) mass is 362 g/mol. The summed E-state index contributed by atoms with van der Waals surface area (Å²) in [5, 5.41) is 4.35. The van der Waals surface area contributed by atoms with Gasteiger partial charge in [0, 0.05) is 11.7 Å². The van der Waals surface area contributed by atoms with E-state index in [2.05, 4.69) is 10.6 Å². The quantitative estimate of drug-likeness (QED) is 0.781. The highest BCUT2D eigenvalue weighted by Crippen LogP contribution is 2.36. The maximum atomic E-state index is 12.8. The van der Waals surface area contributed by atoms with Crippen LogP contribution in [0, 0.1) is 5.92 Å². The molecule has 8 heteroatoms. The number of alkyl halides is 3. The Labute approximate surface area is 142 Å². The predicted octanol–water partition coefficient (Wildman–Crippen LogP) is 3.99. The van der Waals surface area contributed by atoms with Crippen LogP contribution >= 0.6 is 11.6 Å². The van der Waals surface area contributed by atoms with E-state index in [-0.39, 0.29) is 17.6 Å². The standard InChI is InChI=1S/C16H18ClF3N2O2/c1-9-4-2-3-5-13(9)22-15(24)14(23)21-10-6-7-12(17)11(8-10)16(18,19)20/h6-9,13H,2-5H2,1H3,(H,21,23)(H,22,24)/t9-,13+/m1/s1. The third-order valence-electron chi connectivity index (χ3n) is 4.16. The molecule has 1 aromatic carbocycles. The van der Waals surface area contributed by atoms with Gasteiger partial charge < -0.3 is 10.6 Å². The third kappa shape index (κ3) is 4.63. The summed E-state index contributed by atoms with van der Waals surface area (Å²) in [5.74, 6) is -1.58. The number of hydrogen-bond acceptors (Lipinski definition) is 2. The van der Waals surface area contributed by atoms with Gasteiger partial charge in [0.1, 0.15) is 0 Å². The van der Waals surface area contributed by atoms with E-state index in [1.807, 2.05) is 6.92 Å². The molecule has 0 saturated heterocycles. The molecule has 0 radical (unpaired) electrons. The SMILES string of the molecule is C[C@@H]1CCCC[C@@H]1NC(=O)C(=O)Nc1ccc(Cl)c(C(F)(F)F)c1. The largest absolute Gasteiger partial charge is 0.417 e. The van der Waals surface area contributed by atoms with Gasteiger partial charge in [0.25, 0.3) is 0 Å². The summed E-state index contributed by atoms with van der Waals surface area (Å²) < 4.78 is 38.4. The van der Waals surface area contributed by atoms with E-state index in [1.54, 1.807) is 0 Å². The molecule has 2 atom stereocenters. The molecule has 1 aromatic rings. The van der Waals surface area contributed by atoms with Crippen molar-refractivity contribution in [1.82, 2.24) is 5.32 Å². The van der Waals surface area contributed by atoms with Crippen molar-refractivity contribution in [3.63, 3.8) is 0 Å². The molecule has 1 saturated carbocycles. The molecule has 1 aliphatic rings. The van der Waals surface area contributed by atoms with Gasteiger partial charge in [-0.2, -0.15) is 13.2 Å². The molecule has 2 rings (SSSR count). The van der Waals surface area contributed by atoms with E-state index in [4.69, 9.17) is 11.6 Å². The van der Waals surface area contributed by atoms with E-state index >= 15 is 0 Å². The number of hydrogen-bond donors (Lipinski definition) is 2. The van der Waals surface area contributed by atoms with Gasteiger partial charge in [0.15, 0.2) is 0 Å². The number of carbonyl (C=O) groups excluding carboxylic acids is 2. The lowest BCUT2D eigenvalue weighted by Gasteiger charge is -2.29. The first kappa shape index (κ1) is 18.6. The van der Waals surface area contributed by atoms with Gasteiger partial charge in [-0.25, -0.2) is 0 Å². The van der Waals surface area contributed by atoms with Crippen molar-refractivity contribution >= 4 is 29.1 Å². The highest BCUT2D eigenvalue weighted by Gasteiger charge is 2.33. The first-order chi connectivity index (χ1) is 11.2. The van der Waals surface area contributed by atoms with Crippen LogP contribution < -0.4 is 10.6 Å². The van der Waals surface area contributed by atoms with Crippen molar-refractivity contribution in [1.29, 1.82) is 0 Å². The Morgan fingerprint density at radius 2 is 1.83 bits per heavy atom. The first-order valence-corrected chi connectivity index (χ1v) is 8.05. The minimum atomic E-state index is -4.64. The number of rotatable bonds is 2. The van der Waals surface area contributed by atoms with Gasteiger partial charge in [-0.3, -0.25) is 9.59 Å². The van der Waals surface area contributed by atoms with Crippen LogP contribution in [-0.2, 0) is 15.8 Å². The molecule has 0 bridgehead atoms. The molecular formula is C16H18ClF3N2O2. The Morgan fingerprint density at radius 3 is 2.46 bits per heavy atom. The van der Waals surface area contributed by atoms with Crippen LogP contribution in [0.25, 0.3) is 0 Å². The number of anilines is 1. The van der Waals surface area contributed by atoms with Crippen LogP contribution in [0.4, 0.5) is 18.9 Å². The molecule has 4 nitrogen and oxygen atoms in total. The van der Waals surface area contributed by atoms with E-state index in [1.165, 1.54) is 6.07 Å². The summed E-state index contributed by atoms with van der Waals surface area (Å²) in [7, 11) is 0. The summed E-state index contributed by atoms with van der Waals surface area (Å²) >= 11 is 5.51. The number of carbonyl (C=O) groups is 2. The summed E-state index contributed by atoms with van der Waals surface area (Å²) in [6.45, 7) is 2.00. The normalized spacial score (nSPS) is 21.2. The predicted molar refractivity (Wildman–Crippen MR) is 84.6 cm³/mol. The molecule has 0 spiro atoms. The van der Waals surface area contributed by atoms with E-state index < -0.39 is 28.6 Å². The molecule has 0 aromatic heterocycles. The van der Waals surface area contributed by atoms with Gasteiger partial charge in [-0.1, -0.05) is 31.4 Å². The minimum Gasteiger partial charge on any atom is -0.345 e. The van der Waals surface area contributed by atoms with Crippen molar-refractivity contribution in [2.24, 2.45) is 5.92 Å². The second-order valence-electron chi connectivity index (χ2n) is 5.99. The topological polar surface area (TPSA) is 58.2 Å². The second-order valence-corrected chi connectivity index (χ2v) is 6.40. The van der Waals surface area contributed by atoms with Gasteiger partial charge in [-0.05, 0) is 37.0 Å². The molecule has 0 unspecified atom stereocenters. The molecule has 0 heterocycles. The van der Waals surface area contributed by atoms with Gasteiger partial charge in [-0.15, -0.1) is 0 Å².